The second-order valence-electron chi connectivity index (χ2n) is 4.23. The highest BCUT2D eigenvalue weighted by Crippen LogP contribution is 2.37. The van der Waals surface area contributed by atoms with Crippen LogP contribution in [0.2, 0.25) is 0 Å². The average Bonchev–Trinajstić information content (AvgIpc) is 2.80. The maximum atomic E-state index is 13.1. The quantitative estimate of drug-likeness (QED) is 0.867. The van der Waals surface area contributed by atoms with Gasteiger partial charge >= 0.3 is 0 Å². The van der Waals surface area contributed by atoms with Crippen LogP contribution in [-0.4, -0.2) is 5.54 Å². The van der Waals surface area contributed by atoms with Crippen LogP contribution in [0.5, 0.6) is 0 Å². The molecule has 3 heteroatoms. The van der Waals surface area contributed by atoms with Crippen LogP contribution in [0.4, 0.5) is 4.39 Å². The van der Waals surface area contributed by atoms with Crippen molar-refractivity contribution >= 4 is 15.9 Å². The largest absolute Gasteiger partial charge is 0.325 e. The summed E-state index contributed by atoms with van der Waals surface area (Å²) < 4.78 is 13.7. The van der Waals surface area contributed by atoms with Crippen molar-refractivity contribution in [3.8, 4) is 0 Å². The van der Waals surface area contributed by atoms with E-state index < -0.39 is 0 Å². The number of aryl methyl sites for hydroxylation is 1. The minimum Gasteiger partial charge on any atom is -0.325 e. The van der Waals surface area contributed by atoms with Crippen LogP contribution in [0.15, 0.2) is 16.6 Å². The predicted octanol–water partition coefficient (Wildman–Crippen LogP) is 2.93. The van der Waals surface area contributed by atoms with Crippen molar-refractivity contribution in [3.05, 3.63) is 33.5 Å². The topological polar surface area (TPSA) is 26.0 Å². The van der Waals surface area contributed by atoms with E-state index in [1.165, 1.54) is 0 Å². The molecule has 0 bridgehead atoms. The van der Waals surface area contributed by atoms with Crippen molar-refractivity contribution in [2.75, 3.05) is 0 Å². The van der Waals surface area contributed by atoms with Crippen LogP contribution < -0.4 is 5.73 Å². The molecule has 14 heavy (non-hydrogen) atoms. The number of hydrogen-bond acceptors (Lipinski definition) is 1. The van der Waals surface area contributed by atoms with Crippen LogP contribution in [0.3, 0.4) is 0 Å². The van der Waals surface area contributed by atoms with Gasteiger partial charge < -0.3 is 5.73 Å². The molecule has 0 atom stereocenters. The molecule has 1 aliphatic carbocycles. The van der Waals surface area contributed by atoms with Crippen molar-refractivity contribution in [2.24, 2.45) is 5.73 Å². The van der Waals surface area contributed by atoms with Gasteiger partial charge in [0.05, 0.1) is 4.47 Å². The van der Waals surface area contributed by atoms with Crippen LogP contribution in [0.25, 0.3) is 0 Å². The van der Waals surface area contributed by atoms with E-state index >= 15 is 0 Å². The van der Waals surface area contributed by atoms with E-state index in [0.29, 0.717) is 4.47 Å². The Labute approximate surface area is 91.6 Å². The molecular formula is C11H13BrFN. The lowest BCUT2D eigenvalue weighted by Gasteiger charge is -2.12. The molecule has 0 amide bonds. The number of halogens is 2. The van der Waals surface area contributed by atoms with Gasteiger partial charge in [-0.05, 0) is 65.4 Å². The first-order valence-electron chi connectivity index (χ1n) is 4.74. The summed E-state index contributed by atoms with van der Waals surface area (Å²) in [6.07, 6.45) is 3.03. The third-order valence-electron chi connectivity index (χ3n) is 2.81. The molecule has 1 aromatic carbocycles. The van der Waals surface area contributed by atoms with Crippen molar-refractivity contribution in [1.29, 1.82) is 0 Å². The third-order valence-corrected chi connectivity index (χ3v) is 3.42. The minimum atomic E-state index is -0.201. The number of nitrogens with two attached hydrogens (primary N) is 1. The van der Waals surface area contributed by atoms with Crippen LogP contribution >= 0.6 is 15.9 Å². The molecule has 0 unspecified atom stereocenters. The Morgan fingerprint density at radius 1 is 1.50 bits per heavy atom. The Morgan fingerprint density at radius 3 is 2.71 bits per heavy atom. The summed E-state index contributed by atoms with van der Waals surface area (Å²) >= 11 is 3.19. The van der Waals surface area contributed by atoms with Crippen LogP contribution in [0.1, 0.15) is 24.0 Å². The van der Waals surface area contributed by atoms with Gasteiger partial charge in [-0.1, -0.05) is 0 Å². The number of benzene rings is 1. The average molecular weight is 258 g/mol. The van der Waals surface area contributed by atoms with Crippen molar-refractivity contribution in [3.63, 3.8) is 0 Å². The zero-order valence-corrected chi connectivity index (χ0v) is 9.70. The molecule has 0 heterocycles. The monoisotopic (exact) mass is 257 g/mol. The second kappa shape index (κ2) is 3.31. The summed E-state index contributed by atoms with van der Waals surface area (Å²) in [4.78, 5) is 0. The maximum Gasteiger partial charge on any atom is 0.137 e. The van der Waals surface area contributed by atoms with Gasteiger partial charge in [0.25, 0.3) is 0 Å². The second-order valence-corrected chi connectivity index (χ2v) is 5.09. The molecule has 0 aromatic heterocycles. The highest BCUT2D eigenvalue weighted by Gasteiger charge is 2.38. The third kappa shape index (κ3) is 1.98. The summed E-state index contributed by atoms with van der Waals surface area (Å²) in [5.74, 6) is -0.201. The Hall–Kier alpha value is -0.410. The Balaban J connectivity index is 2.29. The molecular weight excluding hydrogens is 245 g/mol. The Morgan fingerprint density at radius 2 is 2.14 bits per heavy atom. The fourth-order valence-corrected chi connectivity index (χ4v) is 1.99. The summed E-state index contributed by atoms with van der Waals surface area (Å²) in [5, 5.41) is 0. The zero-order valence-electron chi connectivity index (χ0n) is 8.11. The molecule has 0 aliphatic heterocycles. The molecule has 1 fully saturated rings. The highest BCUT2D eigenvalue weighted by molar-refractivity contribution is 9.10. The fraction of sp³-hybridized carbons (Fsp3) is 0.455. The van der Waals surface area contributed by atoms with Crippen LogP contribution in [-0.2, 0) is 6.42 Å². The van der Waals surface area contributed by atoms with Gasteiger partial charge in [-0.15, -0.1) is 0 Å². The van der Waals surface area contributed by atoms with Gasteiger partial charge in [0, 0.05) is 5.54 Å². The first-order chi connectivity index (χ1) is 6.50. The van der Waals surface area contributed by atoms with E-state index in [2.05, 4.69) is 15.9 Å². The standard InChI is InChI=1S/C11H13BrFN/c1-7-4-10(13)9(12)5-8(7)6-11(14)2-3-11/h4-5H,2-3,6,14H2,1H3. The van der Waals surface area contributed by atoms with Gasteiger partial charge in [0.1, 0.15) is 5.82 Å². The first-order valence-corrected chi connectivity index (χ1v) is 5.53. The first kappa shape index (κ1) is 10.1. The number of hydrogen-bond donors (Lipinski definition) is 1. The molecule has 76 valence electrons. The van der Waals surface area contributed by atoms with E-state index in [9.17, 15) is 4.39 Å². The van der Waals surface area contributed by atoms with Gasteiger partial charge in [0.2, 0.25) is 0 Å². The molecule has 2 N–H and O–H groups in total. The SMILES string of the molecule is Cc1cc(F)c(Br)cc1CC1(N)CC1. The van der Waals surface area contributed by atoms with Gasteiger partial charge in [0.15, 0.2) is 0 Å². The van der Waals surface area contributed by atoms with Gasteiger partial charge in [-0.2, -0.15) is 0 Å². The van der Waals surface area contributed by atoms with Crippen molar-refractivity contribution in [1.82, 2.24) is 0 Å². The molecule has 1 aromatic rings. The molecule has 2 rings (SSSR count). The van der Waals surface area contributed by atoms with E-state index in [1.807, 2.05) is 13.0 Å². The predicted molar refractivity (Wildman–Crippen MR) is 58.7 cm³/mol. The van der Waals surface area contributed by atoms with E-state index in [0.717, 1.165) is 30.4 Å². The summed E-state index contributed by atoms with van der Waals surface area (Å²) in [7, 11) is 0. The maximum absolute atomic E-state index is 13.1. The number of rotatable bonds is 2. The molecule has 0 spiro atoms. The van der Waals surface area contributed by atoms with E-state index in [-0.39, 0.29) is 11.4 Å². The van der Waals surface area contributed by atoms with Crippen LogP contribution in [0, 0.1) is 12.7 Å². The minimum absolute atomic E-state index is 0.0119. The summed E-state index contributed by atoms with van der Waals surface area (Å²) in [6.45, 7) is 1.93. The lowest BCUT2D eigenvalue weighted by atomic mass is 10.0. The zero-order chi connectivity index (χ0) is 10.3. The van der Waals surface area contributed by atoms with Crippen molar-refractivity contribution in [2.45, 2.75) is 31.7 Å². The van der Waals surface area contributed by atoms with Gasteiger partial charge in [-0.3, -0.25) is 0 Å². The summed E-state index contributed by atoms with van der Waals surface area (Å²) in [5.41, 5.74) is 8.15. The Kier molecular flexibility index (Phi) is 2.40. The lowest BCUT2D eigenvalue weighted by molar-refractivity contribution is 0.614. The fourth-order valence-electron chi connectivity index (χ4n) is 1.59. The molecule has 1 saturated carbocycles. The highest BCUT2D eigenvalue weighted by atomic mass is 79.9. The molecule has 1 nitrogen and oxygen atoms in total. The normalized spacial score (nSPS) is 18.3. The smallest absolute Gasteiger partial charge is 0.137 e. The van der Waals surface area contributed by atoms with E-state index in [4.69, 9.17) is 5.73 Å². The molecule has 0 saturated heterocycles. The Bertz CT molecular complexity index is 372. The lowest BCUT2D eigenvalue weighted by Crippen LogP contribution is -2.24. The van der Waals surface area contributed by atoms with Gasteiger partial charge in [-0.25, -0.2) is 4.39 Å². The van der Waals surface area contributed by atoms with Crippen molar-refractivity contribution < 1.29 is 4.39 Å². The van der Waals surface area contributed by atoms with E-state index in [1.54, 1.807) is 6.07 Å². The molecule has 0 radical (unpaired) electrons. The summed E-state index contributed by atoms with van der Waals surface area (Å²) in [6, 6.07) is 3.41. The molecule has 1 aliphatic rings.